The number of rotatable bonds is 7. The van der Waals surface area contributed by atoms with Gasteiger partial charge in [0.2, 0.25) is 5.91 Å². The summed E-state index contributed by atoms with van der Waals surface area (Å²) >= 11 is 0. The fraction of sp³-hybridized carbons (Fsp3) is 0.609. The minimum Gasteiger partial charge on any atom is -0.365 e. The molecule has 5 rings (SSSR count). The van der Waals surface area contributed by atoms with Gasteiger partial charge in [-0.25, -0.2) is 4.98 Å². The van der Waals surface area contributed by atoms with Gasteiger partial charge in [-0.15, -0.1) is 0 Å². The van der Waals surface area contributed by atoms with E-state index < -0.39 is 0 Å². The number of para-hydroxylation sites is 2. The van der Waals surface area contributed by atoms with E-state index >= 15 is 0 Å². The van der Waals surface area contributed by atoms with Crippen molar-refractivity contribution in [2.24, 2.45) is 11.8 Å². The molecule has 1 aromatic carbocycles. The SMILES string of the molecule is O=C(NC[C@H]1CN(CC2CCN(CC3CC3)CC2)C(=O)CO1)c1nc2ccccc2[nH]1. The monoisotopic (exact) mass is 425 g/mol. The van der Waals surface area contributed by atoms with Crippen LogP contribution in [-0.4, -0.2) is 83.6 Å². The van der Waals surface area contributed by atoms with Crippen molar-refractivity contribution in [3.05, 3.63) is 30.1 Å². The number of carbonyl (C=O) groups is 2. The van der Waals surface area contributed by atoms with Gasteiger partial charge in [-0.05, 0) is 62.7 Å². The van der Waals surface area contributed by atoms with Crippen LogP contribution < -0.4 is 5.32 Å². The van der Waals surface area contributed by atoms with E-state index in [0.717, 1.165) is 49.4 Å². The molecule has 166 valence electrons. The van der Waals surface area contributed by atoms with Crippen molar-refractivity contribution >= 4 is 22.8 Å². The van der Waals surface area contributed by atoms with Crippen LogP contribution in [0.25, 0.3) is 11.0 Å². The summed E-state index contributed by atoms with van der Waals surface area (Å²) in [5.74, 6) is 1.59. The Morgan fingerprint density at radius 1 is 1.13 bits per heavy atom. The zero-order valence-corrected chi connectivity index (χ0v) is 17.9. The van der Waals surface area contributed by atoms with Gasteiger partial charge >= 0.3 is 0 Å². The number of benzene rings is 1. The quantitative estimate of drug-likeness (QED) is 0.704. The minimum atomic E-state index is -0.258. The lowest BCUT2D eigenvalue weighted by Crippen LogP contribution is -2.52. The molecule has 0 bridgehead atoms. The Morgan fingerprint density at radius 3 is 2.68 bits per heavy atom. The van der Waals surface area contributed by atoms with Crippen molar-refractivity contribution < 1.29 is 14.3 Å². The molecule has 0 spiro atoms. The van der Waals surface area contributed by atoms with Crippen molar-refractivity contribution in [2.75, 3.05) is 45.9 Å². The van der Waals surface area contributed by atoms with Crippen molar-refractivity contribution in [1.82, 2.24) is 25.1 Å². The summed E-state index contributed by atoms with van der Waals surface area (Å²) in [5, 5.41) is 2.90. The molecule has 2 amide bonds. The molecular formula is C23H31N5O3. The molecule has 2 aromatic rings. The first kappa shape index (κ1) is 20.5. The van der Waals surface area contributed by atoms with Gasteiger partial charge in [0.05, 0.1) is 17.1 Å². The van der Waals surface area contributed by atoms with Crippen molar-refractivity contribution in [1.29, 1.82) is 0 Å². The zero-order chi connectivity index (χ0) is 21.2. The summed E-state index contributed by atoms with van der Waals surface area (Å²) in [5.41, 5.74) is 1.60. The van der Waals surface area contributed by atoms with E-state index in [9.17, 15) is 9.59 Å². The van der Waals surface area contributed by atoms with Crippen LogP contribution in [-0.2, 0) is 9.53 Å². The molecule has 1 saturated carbocycles. The molecule has 2 aliphatic heterocycles. The highest BCUT2D eigenvalue weighted by Crippen LogP contribution is 2.31. The van der Waals surface area contributed by atoms with Crippen molar-refractivity contribution in [3.63, 3.8) is 0 Å². The smallest absolute Gasteiger partial charge is 0.287 e. The Kier molecular flexibility index (Phi) is 5.91. The average Bonchev–Trinajstić information content (AvgIpc) is 3.49. The highest BCUT2D eigenvalue weighted by Gasteiger charge is 2.31. The number of hydrogen-bond donors (Lipinski definition) is 2. The zero-order valence-electron chi connectivity index (χ0n) is 17.9. The molecule has 2 N–H and O–H groups in total. The Balaban J connectivity index is 1.09. The first-order valence-electron chi connectivity index (χ1n) is 11.5. The van der Waals surface area contributed by atoms with Crippen LogP contribution in [0.3, 0.4) is 0 Å². The Labute approximate surface area is 182 Å². The predicted octanol–water partition coefficient (Wildman–Crippen LogP) is 1.64. The van der Waals surface area contributed by atoms with Crippen molar-refractivity contribution in [3.8, 4) is 0 Å². The highest BCUT2D eigenvalue weighted by atomic mass is 16.5. The average molecular weight is 426 g/mol. The molecule has 3 aliphatic rings. The number of nitrogens with one attached hydrogen (secondary N) is 2. The van der Waals surface area contributed by atoms with Gasteiger partial charge < -0.3 is 24.8 Å². The van der Waals surface area contributed by atoms with Crippen LogP contribution in [0, 0.1) is 11.8 Å². The maximum atomic E-state index is 12.5. The Hall–Kier alpha value is -2.45. The number of amides is 2. The van der Waals surface area contributed by atoms with E-state index in [-0.39, 0.29) is 24.5 Å². The molecule has 1 aliphatic carbocycles. The third-order valence-corrected chi connectivity index (χ3v) is 6.71. The van der Waals surface area contributed by atoms with Crippen LogP contribution >= 0.6 is 0 Å². The van der Waals surface area contributed by atoms with Crippen molar-refractivity contribution in [2.45, 2.75) is 31.8 Å². The number of ether oxygens (including phenoxy) is 1. The third-order valence-electron chi connectivity index (χ3n) is 6.71. The third kappa shape index (κ3) is 5.07. The lowest BCUT2D eigenvalue weighted by Gasteiger charge is -2.38. The van der Waals surface area contributed by atoms with Crippen LogP contribution in [0.2, 0.25) is 0 Å². The predicted molar refractivity (Wildman–Crippen MR) is 117 cm³/mol. The Morgan fingerprint density at radius 2 is 1.90 bits per heavy atom. The summed E-state index contributed by atoms with van der Waals surface area (Å²) in [7, 11) is 0. The molecule has 0 unspecified atom stereocenters. The van der Waals surface area contributed by atoms with E-state index in [1.54, 1.807) is 0 Å². The summed E-state index contributed by atoms with van der Waals surface area (Å²) in [6.07, 6.45) is 4.92. The van der Waals surface area contributed by atoms with Gasteiger partial charge in [0, 0.05) is 26.2 Å². The summed E-state index contributed by atoms with van der Waals surface area (Å²) < 4.78 is 5.68. The second-order valence-electron chi connectivity index (χ2n) is 9.23. The second-order valence-corrected chi connectivity index (χ2v) is 9.23. The minimum absolute atomic E-state index is 0.0558. The number of likely N-dealkylation sites (tertiary alicyclic amines) is 1. The molecule has 3 heterocycles. The topological polar surface area (TPSA) is 90.6 Å². The molecule has 2 saturated heterocycles. The molecule has 8 nitrogen and oxygen atoms in total. The van der Waals surface area contributed by atoms with Crippen LogP contribution in [0.15, 0.2) is 24.3 Å². The van der Waals surface area contributed by atoms with Crippen LogP contribution in [0.1, 0.15) is 36.3 Å². The summed E-state index contributed by atoms with van der Waals surface area (Å²) in [4.78, 5) is 36.8. The van der Waals surface area contributed by atoms with Gasteiger partial charge in [0.1, 0.15) is 6.61 Å². The number of hydrogen-bond acceptors (Lipinski definition) is 5. The van der Waals surface area contributed by atoms with E-state index in [4.69, 9.17) is 4.74 Å². The number of carbonyl (C=O) groups excluding carboxylic acids is 2. The molecule has 31 heavy (non-hydrogen) atoms. The van der Waals surface area contributed by atoms with E-state index in [1.807, 2.05) is 29.2 Å². The second kappa shape index (κ2) is 8.96. The van der Waals surface area contributed by atoms with Gasteiger partial charge in [-0.3, -0.25) is 9.59 Å². The number of H-pyrrole nitrogens is 1. The lowest BCUT2D eigenvalue weighted by atomic mass is 9.95. The number of morpholine rings is 1. The van der Waals surface area contributed by atoms with E-state index in [0.29, 0.717) is 24.8 Å². The largest absolute Gasteiger partial charge is 0.365 e. The van der Waals surface area contributed by atoms with Gasteiger partial charge in [-0.2, -0.15) is 0 Å². The maximum absolute atomic E-state index is 12.5. The first-order valence-corrected chi connectivity index (χ1v) is 11.5. The number of aromatic nitrogens is 2. The molecule has 1 aromatic heterocycles. The first-order chi connectivity index (χ1) is 15.1. The fourth-order valence-corrected chi connectivity index (χ4v) is 4.66. The van der Waals surface area contributed by atoms with Gasteiger partial charge in [0.15, 0.2) is 5.82 Å². The molecule has 3 fully saturated rings. The normalized spacial score (nSPS) is 23.4. The lowest BCUT2D eigenvalue weighted by molar-refractivity contribution is -0.149. The number of piperidine rings is 1. The maximum Gasteiger partial charge on any atom is 0.287 e. The molecule has 0 radical (unpaired) electrons. The number of fused-ring (bicyclic) bond motifs is 1. The fourth-order valence-electron chi connectivity index (χ4n) is 4.66. The summed E-state index contributed by atoms with van der Waals surface area (Å²) in [6.45, 7) is 5.34. The van der Waals surface area contributed by atoms with E-state index in [2.05, 4.69) is 20.2 Å². The number of nitrogens with zero attached hydrogens (tertiary/aromatic N) is 3. The number of imidazole rings is 1. The molecular weight excluding hydrogens is 394 g/mol. The molecule has 1 atom stereocenters. The standard InChI is InChI=1S/C23H31N5O3/c29-21-15-31-18(11-24-23(30)22-25-19-3-1-2-4-20(19)26-22)14-28(21)13-17-7-9-27(10-8-17)12-16-5-6-16/h1-4,16-18H,5-15H2,(H,24,30)(H,25,26)/t18-/m0/s1. The molecule has 8 heteroatoms. The van der Waals surface area contributed by atoms with Gasteiger partial charge in [-0.1, -0.05) is 12.1 Å². The Bertz CT molecular complexity index is 899. The van der Waals surface area contributed by atoms with Crippen LogP contribution in [0.4, 0.5) is 0 Å². The van der Waals surface area contributed by atoms with E-state index in [1.165, 1.54) is 19.4 Å². The van der Waals surface area contributed by atoms with Crippen LogP contribution in [0.5, 0.6) is 0 Å². The van der Waals surface area contributed by atoms with Gasteiger partial charge in [0.25, 0.3) is 5.91 Å². The highest BCUT2D eigenvalue weighted by molar-refractivity contribution is 5.94. The number of aromatic amines is 1. The summed E-state index contributed by atoms with van der Waals surface area (Å²) in [6, 6.07) is 7.56.